The second kappa shape index (κ2) is 4.67. The van der Waals surface area contributed by atoms with Gasteiger partial charge in [-0.1, -0.05) is 11.6 Å². The van der Waals surface area contributed by atoms with E-state index in [1.807, 2.05) is 6.07 Å². The van der Waals surface area contributed by atoms with Crippen LogP contribution >= 0.6 is 11.6 Å². The fraction of sp³-hybridized carbons (Fsp3) is 0.200. The second-order valence-corrected chi connectivity index (χ2v) is 3.42. The third-order valence-corrected chi connectivity index (χ3v) is 2.16. The van der Waals surface area contributed by atoms with Crippen LogP contribution in [0.25, 0.3) is 0 Å². The van der Waals surface area contributed by atoms with Crippen molar-refractivity contribution in [1.29, 1.82) is 5.26 Å². The van der Waals surface area contributed by atoms with Crippen LogP contribution in [0.2, 0.25) is 5.02 Å². The van der Waals surface area contributed by atoms with Crippen LogP contribution in [0.1, 0.15) is 12.5 Å². The molecule has 1 aromatic rings. The first kappa shape index (κ1) is 11.3. The summed E-state index contributed by atoms with van der Waals surface area (Å²) in [5.74, 6) is -0.949. The number of hydrogen-bond acceptors (Lipinski definition) is 3. The van der Waals surface area contributed by atoms with Crippen molar-refractivity contribution in [3.8, 4) is 6.07 Å². The summed E-state index contributed by atoms with van der Waals surface area (Å²) in [7, 11) is 0. The van der Waals surface area contributed by atoms with Crippen LogP contribution in [0.5, 0.6) is 0 Å². The third kappa shape index (κ3) is 2.86. The Labute approximate surface area is 92.1 Å². The number of aliphatic carboxylic acids is 1. The summed E-state index contributed by atoms with van der Waals surface area (Å²) in [5.41, 5.74) is 0.944. The predicted octanol–water partition coefficient (Wildman–Crippen LogP) is 2.10. The highest BCUT2D eigenvalue weighted by Gasteiger charge is 2.10. The van der Waals surface area contributed by atoms with Crippen LogP contribution < -0.4 is 5.32 Å². The molecule has 1 atom stereocenters. The molecule has 0 fully saturated rings. The van der Waals surface area contributed by atoms with Gasteiger partial charge in [-0.2, -0.15) is 5.26 Å². The molecule has 0 saturated heterocycles. The molecular weight excluding hydrogens is 216 g/mol. The lowest BCUT2D eigenvalue weighted by molar-refractivity contribution is -0.137. The standard InChI is InChI=1S/C10H9ClN2O2/c1-6(10(14)15)13-8-3-2-7(5-12)9(11)4-8/h2-4,6,13H,1H3,(H,14,15). The van der Waals surface area contributed by atoms with Crippen LogP contribution in [0, 0.1) is 11.3 Å². The molecule has 0 aromatic heterocycles. The van der Waals surface area contributed by atoms with E-state index in [9.17, 15) is 4.79 Å². The van der Waals surface area contributed by atoms with E-state index in [0.29, 0.717) is 16.3 Å². The van der Waals surface area contributed by atoms with Crippen molar-refractivity contribution in [2.24, 2.45) is 0 Å². The van der Waals surface area contributed by atoms with Gasteiger partial charge in [-0.15, -0.1) is 0 Å². The Morgan fingerprint density at radius 2 is 2.33 bits per heavy atom. The first-order valence-electron chi connectivity index (χ1n) is 4.23. The largest absolute Gasteiger partial charge is 0.480 e. The van der Waals surface area contributed by atoms with Crippen LogP contribution in [0.3, 0.4) is 0 Å². The number of nitrogens with zero attached hydrogens (tertiary/aromatic N) is 1. The predicted molar refractivity (Wildman–Crippen MR) is 56.9 cm³/mol. The maximum absolute atomic E-state index is 10.6. The summed E-state index contributed by atoms with van der Waals surface area (Å²) < 4.78 is 0. The number of rotatable bonds is 3. The lowest BCUT2D eigenvalue weighted by Crippen LogP contribution is -2.25. The molecule has 0 bridgehead atoms. The Balaban J connectivity index is 2.85. The molecule has 2 N–H and O–H groups in total. The van der Waals surface area contributed by atoms with E-state index in [-0.39, 0.29) is 0 Å². The van der Waals surface area contributed by atoms with Gasteiger partial charge >= 0.3 is 5.97 Å². The molecular formula is C10H9ClN2O2. The van der Waals surface area contributed by atoms with Gasteiger partial charge in [0.15, 0.2) is 0 Å². The molecule has 4 nitrogen and oxygen atoms in total. The third-order valence-electron chi connectivity index (χ3n) is 1.84. The monoisotopic (exact) mass is 224 g/mol. The van der Waals surface area contributed by atoms with Crippen LogP contribution in [0.4, 0.5) is 5.69 Å². The van der Waals surface area contributed by atoms with Gasteiger partial charge in [0.1, 0.15) is 12.1 Å². The van der Waals surface area contributed by atoms with E-state index in [1.165, 1.54) is 13.0 Å². The van der Waals surface area contributed by atoms with Gasteiger partial charge in [-0.25, -0.2) is 0 Å². The van der Waals surface area contributed by atoms with Crippen molar-refractivity contribution in [2.75, 3.05) is 5.32 Å². The first-order chi connectivity index (χ1) is 7.04. The molecule has 0 saturated carbocycles. The fourth-order valence-electron chi connectivity index (χ4n) is 1.01. The summed E-state index contributed by atoms with van der Waals surface area (Å²) in [6.45, 7) is 1.52. The van der Waals surface area contributed by atoms with E-state index in [1.54, 1.807) is 12.1 Å². The Morgan fingerprint density at radius 1 is 1.67 bits per heavy atom. The van der Waals surface area contributed by atoms with Gasteiger partial charge in [0.05, 0.1) is 10.6 Å². The molecule has 0 radical (unpaired) electrons. The van der Waals surface area contributed by atoms with Gasteiger partial charge in [0.2, 0.25) is 0 Å². The zero-order chi connectivity index (χ0) is 11.4. The smallest absolute Gasteiger partial charge is 0.325 e. The van der Waals surface area contributed by atoms with Gasteiger partial charge in [0, 0.05) is 5.69 Å². The lowest BCUT2D eigenvalue weighted by Gasteiger charge is -2.10. The normalized spacial score (nSPS) is 11.5. The summed E-state index contributed by atoms with van der Waals surface area (Å²) in [6.07, 6.45) is 0. The van der Waals surface area contributed by atoms with Crippen molar-refractivity contribution < 1.29 is 9.90 Å². The van der Waals surface area contributed by atoms with Gasteiger partial charge in [0.25, 0.3) is 0 Å². The fourth-order valence-corrected chi connectivity index (χ4v) is 1.23. The van der Waals surface area contributed by atoms with E-state index < -0.39 is 12.0 Å². The van der Waals surface area contributed by atoms with Crippen LogP contribution in [0.15, 0.2) is 18.2 Å². The van der Waals surface area contributed by atoms with Crippen molar-refractivity contribution in [3.05, 3.63) is 28.8 Å². The quantitative estimate of drug-likeness (QED) is 0.825. The molecule has 0 aliphatic rings. The highest BCUT2D eigenvalue weighted by atomic mass is 35.5. The van der Waals surface area contributed by atoms with Gasteiger partial charge in [-0.05, 0) is 25.1 Å². The first-order valence-corrected chi connectivity index (χ1v) is 4.61. The topological polar surface area (TPSA) is 73.1 Å². The minimum Gasteiger partial charge on any atom is -0.480 e. The number of nitrogens with one attached hydrogen (secondary N) is 1. The zero-order valence-electron chi connectivity index (χ0n) is 7.99. The summed E-state index contributed by atoms with van der Waals surface area (Å²) in [4.78, 5) is 10.6. The Bertz CT molecular complexity index is 426. The van der Waals surface area contributed by atoms with E-state index in [2.05, 4.69) is 5.32 Å². The summed E-state index contributed by atoms with van der Waals surface area (Å²) >= 11 is 5.78. The van der Waals surface area contributed by atoms with Crippen molar-refractivity contribution >= 4 is 23.3 Å². The Hall–Kier alpha value is -1.73. The molecule has 5 heteroatoms. The highest BCUT2D eigenvalue weighted by molar-refractivity contribution is 6.32. The SMILES string of the molecule is CC(Nc1ccc(C#N)c(Cl)c1)C(=O)O. The number of carboxylic acids is 1. The van der Waals surface area contributed by atoms with Crippen molar-refractivity contribution in [1.82, 2.24) is 0 Å². The summed E-state index contributed by atoms with van der Waals surface area (Å²) in [6, 6.07) is 5.91. The number of halogens is 1. The van der Waals surface area contributed by atoms with Crippen LogP contribution in [-0.4, -0.2) is 17.1 Å². The van der Waals surface area contributed by atoms with Crippen LogP contribution in [-0.2, 0) is 4.79 Å². The molecule has 0 amide bonds. The zero-order valence-corrected chi connectivity index (χ0v) is 8.75. The van der Waals surface area contributed by atoms with Crippen molar-refractivity contribution in [3.63, 3.8) is 0 Å². The Kier molecular flexibility index (Phi) is 3.53. The number of benzene rings is 1. The number of carboxylic acid groups (broad SMARTS) is 1. The minimum absolute atomic E-state index is 0.306. The maximum atomic E-state index is 10.6. The second-order valence-electron chi connectivity index (χ2n) is 3.01. The number of carbonyl (C=O) groups is 1. The van der Waals surface area contributed by atoms with Crippen molar-refractivity contribution in [2.45, 2.75) is 13.0 Å². The number of hydrogen-bond donors (Lipinski definition) is 2. The molecule has 1 rings (SSSR count). The van der Waals surface area contributed by atoms with E-state index in [0.717, 1.165) is 0 Å². The maximum Gasteiger partial charge on any atom is 0.325 e. The van der Waals surface area contributed by atoms with Gasteiger partial charge < -0.3 is 10.4 Å². The summed E-state index contributed by atoms with van der Waals surface area (Å²) in [5, 5.41) is 20.3. The minimum atomic E-state index is -0.949. The molecule has 1 unspecified atom stereocenters. The average molecular weight is 225 g/mol. The number of anilines is 1. The number of nitriles is 1. The molecule has 78 valence electrons. The van der Waals surface area contributed by atoms with Gasteiger partial charge in [-0.3, -0.25) is 4.79 Å². The molecule has 15 heavy (non-hydrogen) atoms. The van der Waals surface area contributed by atoms with E-state index >= 15 is 0 Å². The molecule has 0 aliphatic heterocycles. The highest BCUT2D eigenvalue weighted by Crippen LogP contribution is 2.20. The molecule has 0 heterocycles. The lowest BCUT2D eigenvalue weighted by atomic mass is 10.2. The Morgan fingerprint density at radius 3 is 2.80 bits per heavy atom. The molecule has 0 aliphatic carbocycles. The molecule has 0 spiro atoms. The van der Waals surface area contributed by atoms with E-state index in [4.69, 9.17) is 22.0 Å². The average Bonchev–Trinajstić information content (AvgIpc) is 2.18. The molecule has 1 aromatic carbocycles.